The molecule has 6 heteroatoms. The molecule has 1 atom stereocenters. The molecule has 0 aliphatic rings. The van der Waals surface area contributed by atoms with E-state index in [1.54, 1.807) is 0 Å². The topological polar surface area (TPSA) is 54.2 Å². The van der Waals surface area contributed by atoms with Gasteiger partial charge in [-0.2, -0.15) is 0 Å². The van der Waals surface area contributed by atoms with Crippen LogP contribution in [0, 0.1) is 5.92 Å². The van der Waals surface area contributed by atoms with E-state index in [2.05, 4.69) is 72.3 Å². The molecule has 0 aliphatic heterocycles. The van der Waals surface area contributed by atoms with Crippen molar-refractivity contribution in [3.8, 4) is 0 Å². The van der Waals surface area contributed by atoms with E-state index >= 15 is 0 Å². The first kappa shape index (κ1) is 19.5. The summed E-state index contributed by atoms with van der Waals surface area (Å²) < 4.78 is 3.23. The highest BCUT2D eigenvalue weighted by atomic mass is 79.9. The van der Waals surface area contributed by atoms with Gasteiger partial charge in [0.2, 0.25) is 0 Å². The van der Waals surface area contributed by atoms with Gasteiger partial charge in [-0.15, -0.1) is 0 Å². The normalized spacial score (nSPS) is 12.8. The molecule has 0 bridgehead atoms. The second-order valence-corrected chi connectivity index (χ2v) is 7.06. The molecule has 25 heavy (non-hydrogen) atoms. The molecule has 0 spiro atoms. The molecule has 1 heterocycles. The molecule has 0 aliphatic carbocycles. The van der Waals surface area contributed by atoms with Crippen molar-refractivity contribution in [3.05, 3.63) is 53.0 Å². The summed E-state index contributed by atoms with van der Waals surface area (Å²) in [6, 6.07) is 8.56. The molecule has 0 fully saturated rings. The van der Waals surface area contributed by atoms with Gasteiger partial charge in [0, 0.05) is 43.5 Å². The van der Waals surface area contributed by atoms with E-state index in [9.17, 15) is 0 Å². The van der Waals surface area contributed by atoms with Crippen molar-refractivity contribution in [1.82, 2.24) is 20.2 Å². The average molecular weight is 406 g/mol. The molecular formula is C19H28BrN5. The molecule has 2 aromatic rings. The van der Waals surface area contributed by atoms with Crippen LogP contribution in [0.1, 0.15) is 25.3 Å². The van der Waals surface area contributed by atoms with E-state index in [-0.39, 0.29) is 0 Å². The summed E-state index contributed by atoms with van der Waals surface area (Å²) in [6.45, 7) is 5.01. The van der Waals surface area contributed by atoms with Crippen LogP contribution in [0.4, 0.5) is 0 Å². The number of aryl methyl sites for hydroxylation is 1. The van der Waals surface area contributed by atoms with Crippen molar-refractivity contribution in [1.29, 1.82) is 0 Å². The Morgan fingerprint density at radius 3 is 2.92 bits per heavy atom. The molecule has 1 aromatic carbocycles. The Balaban J connectivity index is 1.70. The number of benzene rings is 1. The van der Waals surface area contributed by atoms with E-state index in [1.807, 2.05) is 25.8 Å². The standard InChI is InChI=1S/C19H28BrN5/c1-3-16(12-17-6-4-7-18(20)13-17)14-24-19(21-2)23-8-5-10-25-11-9-22-15-25/h4,6-7,9,11,13,15-16H,3,5,8,10,12,14H2,1-2H3,(H2,21,23,24). The fourth-order valence-corrected chi connectivity index (χ4v) is 3.15. The smallest absolute Gasteiger partial charge is 0.190 e. The second kappa shape index (κ2) is 10.9. The first-order valence-electron chi connectivity index (χ1n) is 8.86. The Labute approximate surface area is 159 Å². The minimum atomic E-state index is 0.582. The number of rotatable bonds is 9. The summed E-state index contributed by atoms with van der Waals surface area (Å²) in [5.41, 5.74) is 1.37. The van der Waals surface area contributed by atoms with Crippen LogP contribution < -0.4 is 10.6 Å². The van der Waals surface area contributed by atoms with Crippen molar-refractivity contribution in [2.24, 2.45) is 10.9 Å². The maximum atomic E-state index is 4.32. The van der Waals surface area contributed by atoms with Gasteiger partial charge < -0.3 is 15.2 Å². The lowest BCUT2D eigenvalue weighted by molar-refractivity contribution is 0.493. The summed E-state index contributed by atoms with van der Waals surface area (Å²) in [5.74, 6) is 1.46. The molecule has 0 radical (unpaired) electrons. The molecule has 2 rings (SSSR count). The number of imidazole rings is 1. The Hall–Kier alpha value is -1.82. The zero-order chi connectivity index (χ0) is 17.9. The van der Waals surface area contributed by atoms with Gasteiger partial charge in [-0.1, -0.05) is 41.4 Å². The Bertz CT molecular complexity index is 639. The number of aliphatic imine (C=N–C) groups is 1. The third kappa shape index (κ3) is 7.30. The van der Waals surface area contributed by atoms with Crippen LogP contribution >= 0.6 is 15.9 Å². The predicted octanol–water partition coefficient (Wildman–Crippen LogP) is 3.47. The van der Waals surface area contributed by atoms with Crippen LogP contribution in [0.5, 0.6) is 0 Å². The van der Waals surface area contributed by atoms with E-state index in [1.165, 1.54) is 5.56 Å². The van der Waals surface area contributed by atoms with Gasteiger partial charge in [0.25, 0.3) is 0 Å². The van der Waals surface area contributed by atoms with E-state index in [4.69, 9.17) is 0 Å². The first-order chi connectivity index (χ1) is 12.2. The van der Waals surface area contributed by atoms with E-state index < -0.39 is 0 Å². The molecule has 1 unspecified atom stereocenters. The third-order valence-electron chi connectivity index (χ3n) is 4.22. The highest BCUT2D eigenvalue weighted by Crippen LogP contribution is 2.16. The van der Waals surface area contributed by atoms with Gasteiger partial charge in [0.15, 0.2) is 5.96 Å². The van der Waals surface area contributed by atoms with E-state index in [0.717, 1.165) is 49.3 Å². The number of nitrogens with one attached hydrogen (secondary N) is 2. The fraction of sp³-hybridized carbons (Fsp3) is 0.474. The van der Waals surface area contributed by atoms with Gasteiger partial charge in [0.1, 0.15) is 0 Å². The van der Waals surface area contributed by atoms with Crippen LogP contribution in [-0.4, -0.2) is 35.6 Å². The maximum Gasteiger partial charge on any atom is 0.190 e. The van der Waals surface area contributed by atoms with Crippen molar-refractivity contribution < 1.29 is 0 Å². The summed E-state index contributed by atoms with van der Waals surface area (Å²) >= 11 is 3.55. The number of hydrogen-bond donors (Lipinski definition) is 2. The molecule has 2 N–H and O–H groups in total. The highest BCUT2D eigenvalue weighted by molar-refractivity contribution is 9.10. The summed E-state index contributed by atoms with van der Waals surface area (Å²) in [5, 5.41) is 6.84. The maximum absolute atomic E-state index is 4.32. The summed E-state index contributed by atoms with van der Waals surface area (Å²) in [6.07, 6.45) is 8.88. The number of nitrogens with zero attached hydrogens (tertiary/aromatic N) is 3. The first-order valence-corrected chi connectivity index (χ1v) is 9.65. The van der Waals surface area contributed by atoms with Crippen LogP contribution in [-0.2, 0) is 13.0 Å². The zero-order valence-corrected chi connectivity index (χ0v) is 16.7. The van der Waals surface area contributed by atoms with Crippen LogP contribution in [0.3, 0.4) is 0 Å². The lowest BCUT2D eigenvalue weighted by Crippen LogP contribution is -2.40. The monoisotopic (exact) mass is 405 g/mol. The quantitative estimate of drug-likeness (QED) is 0.381. The van der Waals surface area contributed by atoms with Crippen molar-refractivity contribution >= 4 is 21.9 Å². The Kier molecular flexibility index (Phi) is 8.52. The lowest BCUT2D eigenvalue weighted by Gasteiger charge is -2.18. The molecule has 0 saturated carbocycles. The Morgan fingerprint density at radius 1 is 1.36 bits per heavy atom. The largest absolute Gasteiger partial charge is 0.356 e. The van der Waals surface area contributed by atoms with Gasteiger partial charge in [-0.25, -0.2) is 4.98 Å². The molecule has 0 amide bonds. The summed E-state index contributed by atoms with van der Waals surface area (Å²) in [4.78, 5) is 8.37. The second-order valence-electron chi connectivity index (χ2n) is 6.14. The zero-order valence-electron chi connectivity index (χ0n) is 15.1. The third-order valence-corrected chi connectivity index (χ3v) is 4.71. The molecule has 1 aromatic heterocycles. The lowest BCUT2D eigenvalue weighted by atomic mass is 9.97. The van der Waals surface area contributed by atoms with Gasteiger partial charge in [0.05, 0.1) is 6.33 Å². The molecule has 136 valence electrons. The number of halogens is 1. The molecule has 0 saturated heterocycles. The highest BCUT2D eigenvalue weighted by Gasteiger charge is 2.09. The number of aromatic nitrogens is 2. The fourth-order valence-electron chi connectivity index (χ4n) is 2.71. The predicted molar refractivity (Wildman–Crippen MR) is 108 cm³/mol. The summed E-state index contributed by atoms with van der Waals surface area (Å²) in [7, 11) is 1.82. The van der Waals surface area contributed by atoms with Crippen LogP contribution in [0.2, 0.25) is 0 Å². The SMILES string of the molecule is CCC(CNC(=NC)NCCCn1ccnc1)Cc1cccc(Br)c1. The minimum absolute atomic E-state index is 0.582. The average Bonchev–Trinajstić information content (AvgIpc) is 3.13. The minimum Gasteiger partial charge on any atom is -0.356 e. The number of guanidine groups is 1. The van der Waals surface area contributed by atoms with E-state index in [0.29, 0.717) is 5.92 Å². The molecular weight excluding hydrogens is 378 g/mol. The van der Waals surface area contributed by atoms with Crippen LogP contribution in [0.25, 0.3) is 0 Å². The van der Waals surface area contributed by atoms with Gasteiger partial charge >= 0.3 is 0 Å². The van der Waals surface area contributed by atoms with Gasteiger partial charge in [-0.3, -0.25) is 4.99 Å². The van der Waals surface area contributed by atoms with Crippen molar-refractivity contribution in [2.45, 2.75) is 32.7 Å². The molecule has 5 nitrogen and oxygen atoms in total. The van der Waals surface area contributed by atoms with Crippen molar-refractivity contribution in [3.63, 3.8) is 0 Å². The van der Waals surface area contributed by atoms with Gasteiger partial charge in [-0.05, 0) is 36.5 Å². The van der Waals surface area contributed by atoms with Crippen LogP contribution in [0.15, 0.2) is 52.5 Å². The number of hydrogen-bond acceptors (Lipinski definition) is 2. The van der Waals surface area contributed by atoms with Crippen molar-refractivity contribution in [2.75, 3.05) is 20.1 Å². The Morgan fingerprint density at radius 2 is 2.24 bits per heavy atom.